The molecule has 0 saturated carbocycles. The molecule has 0 atom stereocenters. The standard InChI is InChI=1S/C9H12ClN3O.BrH/c1-12-13-5-7-3-2-6(9(11)14)4-8(7)10;/h2-4,12-13H,5H2,1H3,(H2,11,14);1H. The minimum Gasteiger partial charge on any atom is -0.366 e. The maximum Gasteiger partial charge on any atom is 0.248 e. The first-order valence-electron chi connectivity index (χ1n) is 4.13. The molecule has 1 rings (SSSR count). The van der Waals surface area contributed by atoms with Gasteiger partial charge in [0.25, 0.3) is 0 Å². The number of halogens is 2. The van der Waals surface area contributed by atoms with Crippen LogP contribution in [0.1, 0.15) is 15.9 Å². The first-order valence-corrected chi connectivity index (χ1v) is 4.50. The molecule has 0 unspecified atom stereocenters. The van der Waals surface area contributed by atoms with Gasteiger partial charge in [0, 0.05) is 17.1 Å². The summed E-state index contributed by atoms with van der Waals surface area (Å²) < 4.78 is 0. The van der Waals surface area contributed by atoms with E-state index in [2.05, 4.69) is 10.9 Å². The Kier molecular flexibility index (Phi) is 6.51. The van der Waals surface area contributed by atoms with E-state index in [0.29, 0.717) is 17.1 Å². The van der Waals surface area contributed by atoms with Crippen LogP contribution < -0.4 is 16.6 Å². The molecule has 0 aliphatic heterocycles. The van der Waals surface area contributed by atoms with Gasteiger partial charge in [0.2, 0.25) is 5.91 Å². The topological polar surface area (TPSA) is 67.2 Å². The van der Waals surface area contributed by atoms with Crippen molar-refractivity contribution >= 4 is 34.5 Å². The van der Waals surface area contributed by atoms with Crippen molar-refractivity contribution in [3.05, 3.63) is 34.3 Å². The van der Waals surface area contributed by atoms with Crippen molar-refractivity contribution in [1.29, 1.82) is 0 Å². The lowest BCUT2D eigenvalue weighted by Gasteiger charge is -2.06. The molecule has 0 aromatic heterocycles. The third kappa shape index (κ3) is 4.17. The Labute approximate surface area is 104 Å². The van der Waals surface area contributed by atoms with Crippen LogP contribution in [0.25, 0.3) is 0 Å². The second kappa shape index (κ2) is 6.79. The van der Waals surface area contributed by atoms with Crippen LogP contribution in [0, 0.1) is 0 Å². The van der Waals surface area contributed by atoms with Crippen molar-refractivity contribution in [2.45, 2.75) is 6.54 Å². The van der Waals surface area contributed by atoms with Crippen molar-refractivity contribution < 1.29 is 4.79 Å². The van der Waals surface area contributed by atoms with Gasteiger partial charge in [-0.2, -0.15) is 0 Å². The fraction of sp³-hybridized carbons (Fsp3) is 0.222. The Morgan fingerprint density at radius 3 is 2.67 bits per heavy atom. The average molecular weight is 295 g/mol. The van der Waals surface area contributed by atoms with Gasteiger partial charge in [-0.25, -0.2) is 0 Å². The fourth-order valence-electron chi connectivity index (χ4n) is 1.03. The SMILES string of the molecule is Br.CNNCc1ccc(C(N)=O)cc1Cl. The van der Waals surface area contributed by atoms with E-state index in [1.165, 1.54) is 0 Å². The van der Waals surface area contributed by atoms with Gasteiger partial charge in [-0.05, 0) is 24.7 Å². The van der Waals surface area contributed by atoms with Gasteiger partial charge in [0.05, 0.1) is 0 Å². The van der Waals surface area contributed by atoms with Gasteiger partial charge >= 0.3 is 0 Å². The Morgan fingerprint density at radius 2 is 2.20 bits per heavy atom. The first-order chi connectivity index (χ1) is 6.65. The lowest BCUT2D eigenvalue weighted by atomic mass is 10.1. The van der Waals surface area contributed by atoms with Crippen LogP contribution in [-0.4, -0.2) is 13.0 Å². The molecule has 0 aliphatic rings. The minimum absolute atomic E-state index is 0. The highest BCUT2D eigenvalue weighted by molar-refractivity contribution is 8.93. The zero-order valence-electron chi connectivity index (χ0n) is 8.21. The summed E-state index contributed by atoms with van der Waals surface area (Å²) in [4.78, 5) is 10.8. The zero-order valence-corrected chi connectivity index (χ0v) is 10.7. The summed E-state index contributed by atoms with van der Waals surface area (Å²) in [5.41, 5.74) is 12.1. The molecule has 0 aliphatic carbocycles. The van der Waals surface area contributed by atoms with Gasteiger partial charge < -0.3 is 5.73 Å². The van der Waals surface area contributed by atoms with E-state index in [1.54, 1.807) is 25.2 Å². The third-order valence-corrected chi connectivity index (χ3v) is 2.15. The van der Waals surface area contributed by atoms with E-state index >= 15 is 0 Å². The number of amides is 1. The number of rotatable bonds is 4. The highest BCUT2D eigenvalue weighted by Gasteiger charge is 2.04. The third-order valence-electron chi connectivity index (χ3n) is 1.79. The maximum absolute atomic E-state index is 10.8. The molecule has 4 N–H and O–H groups in total. The largest absolute Gasteiger partial charge is 0.366 e. The zero-order chi connectivity index (χ0) is 10.6. The monoisotopic (exact) mass is 293 g/mol. The number of hydrogen-bond acceptors (Lipinski definition) is 3. The molecular weight excluding hydrogens is 281 g/mol. The summed E-state index contributed by atoms with van der Waals surface area (Å²) in [7, 11) is 1.77. The van der Waals surface area contributed by atoms with Crippen molar-refractivity contribution in [1.82, 2.24) is 10.9 Å². The Hall–Kier alpha value is -0.620. The molecule has 0 saturated heterocycles. The summed E-state index contributed by atoms with van der Waals surface area (Å²) in [5, 5.41) is 0.532. The van der Waals surface area contributed by atoms with Crippen LogP contribution >= 0.6 is 28.6 Å². The number of nitrogens with two attached hydrogens (primary N) is 1. The molecule has 0 fully saturated rings. The second-order valence-corrected chi connectivity index (χ2v) is 3.18. The molecule has 84 valence electrons. The molecule has 4 nitrogen and oxygen atoms in total. The smallest absolute Gasteiger partial charge is 0.248 e. The molecule has 0 bridgehead atoms. The molecule has 0 heterocycles. The van der Waals surface area contributed by atoms with Gasteiger partial charge in [-0.3, -0.25) is 15.6 Å². The summed E-state index contributed by atoms with van der Waals surface area (Å²) in [6.45, 7) is 0.592. The number of hydrazine groups is 1. The molecule has 0 radical (unpaired) electrons. The molecule has 1 aromatic carbocycles. The van der Waals surface area contributed by atoms with E-state index < -0.39 is 5.91 Å². The van der Waals surface area contributed by atoms with Crippen molar-refractivity contribution in [2.24, 2.45) is 5.73 Å². The molecule has 6 heteroatoms. The summed E-state index contributed by atoms with van der Waals surface area (Å²) in [5.74, 6) is -0.472. The lowest BCUT2D eigenvalue weighted by Crippen LogP contribution is -2.26. The number of hydrogen-bond donors (Lipinski definition) is 3. The molecular formula is C9H13BrClN3O. The van der Waals surface area contributed by atoms with Crippen LogP contribution in [-0.2, 0) is 6.54 Å². The van der Waals surface area contributed by atoms with E-state index in [0.717, 1.165) is 5.56 Å². The molecule has 0 spiro atoms. The first kappa shape index (κ1) is 14.4. The van der Waals surface area contributed by atoms with Gasteiger partial charge in [-0.1, -0.05) is 17.7 Å². The second-order valence-electron chi connectivity index (χ2n) is 2.77. The normalized spacial score (nSPS) is 9.47. The summed E-state index contributed by atoms with van der Waals surface area (Å²) in [6, 6.07) is 4.99. The maximum atomic E-state index is 10.8. The molecule has 1 aromatic rings. The van der Waals surface area contributed by atoms with Crippen molar-refractivity contribution in [2.75, 3.05) is 7.05 Å². The predicted octanol–water partition coefficient (Wildman–Crippen LogP) is 1.24. The number of carbonyl (C=O) groups is 1. The quantitative estimate of drug-likeness (QED) is 0.732. The highest BCUT2D eigenvalue weighted by atomic mass is 79.9. The fourth-order valence-corrected chi connectivity index (χ4v) is 1.27. The molecule has 15 heavy (non-hydrogen) atoms. The van der Waals surface area contributed by atoms with Crippen LogP contribution in [0.15, 0.2) is 18.2 Å². The van der Waals surface area contributed by atoms with E-state index in [9.17, 15) is 4.79 Å². The lowest BCUT2D eigenvalue weighted by molar-refractivity contribution is 0.100. The van der Waals surface area contributed by atoms with Crippen molar-refractivity contribution in [3.63, 3.8) is 0 Å². The Bertz CT molecular complexity index is 346. The molecule has 1 amide bonds. The van der Waals surface area contributed by atoms with Gasteiger partial charge in [-0.15, -0.1) is 17.0 Å². The Morgan fingerprint density at radius 1 is 1.53 bits per heavy atom. The Balaban J connectivity index is 0.00000196. The highest BCUT2D eigenvalue weighted by Crippen LogP contribution is 2.17. The van der Waals surface area contributed by atoms with Crippen LogP contribution in [0.3, 0.4) is 0 Å². The number of primary amides is 1. The van der Waals surface area contributed by atoms with Crippen LogP contribution in [0.4, 0.5) is 0 Å². The van der Waals surface area contributed by atoms with Gasteiger partial charge in [0.1, 0.15) is 0 Å². The number of carbonyl (C=O) groups excluding carboxylic acids is 1. The predicted molar refractivity (Wildman–Crippen MR) is 66.2 cm³/mol. The minimum atomic E-state index is -0.472. The summed E-state index contributed by atoms with van der Waals surface area (Å²) in [6.07, 6.45) is 0. The van der Waals surface area contributed by atoms with Crippen molar-refractivity contribution in [3.8, 4) is 0 Å². The number of benzene rings is 1. The van der Waals surface area contributed by atoms with Crippen LogP contribution in [0.2, 0.25) is 5.02 Å². The van der Waals surface area contributed by atoms with E-state index in [-0.39, 0.29) is 17.0 Å². The van der Waals surface area contributed by atoms with Gasteiger partial charge in [0.15, 0.2) is 0 Å². The average Bonchev–Trinajstić information content (AvgIpc) is 2.15. The van der Waals surface area contributed by atoms with Crippen LogP contribution in [0.5, 0.6) is 0 Å². The number of nitrogens with one attached hydrogen (secondary N) is 2. The van der Waals surface area contributed by atoms with E-state index in [4.69, 9.17) is 17.3 Å². The summed E-state index contributed by atoms with van der Waals surface area (Å²) >= 11 is 5.93. The van der Waals surface area contributed by atoms with E-state index in [1.807, 2.05) is 0 Å².